The number of carbonyl (C=O) groups is 1. The molecule has 0 spiro atoms. The number of benzene rings is 1. The van der Waals surface area contributed by atoms with Crippen molar-refractivity contribution in [3.8, 4) is 22.6 Å². The third-order valence-electron chi connectivity index (χ3n) is 3.77. The van der Waals surface area contributed by atoms with Gasteiger partial charge < -0.3 is 14.2 Å². The molecular weight excluding hydrogens is 322 g/mol. The van der Waals surface area contributed by atoms with Crippen LogP contribution in [-0.2, 0) is 4.74 Å². The number of carbonyl (C=O) groups excluding carboxylic acids is 1. The molecule has 0 N–H and O–H groups in total. The molecule has 4 rings (SSSR count). The van der Waals surface area contributed by atoms with Gasteiger partial charge in [-0.05, 0) is 24.8 Å². The third kappa shape index (κ3) is 2.75. The molecular formula is C16H12F2N2O4. The highest BCUT2D eigenvalue weighted by Gasteiger charge is 2.45. The molecule has 1 aliphatic heterocycles. The topological polar surface area (TPSA) is 70.5 Å². The average molecular weight is 334 g/mol. The van der Waals surface area contributed by atoms with Gasteiger partial charge in [0.15, 0.2) is 17.2 Å². The molecule has 0 unspecified atom stereocenters. The van der Waals surface area contributed by atoms with Crippen molar-refractivity contribution in [3.05, 3.63) is 36.4 Å². The Balaban J connectivity index is 1.71. The van der Waals surface area contributed by atoms with Gasteiger partial charge in [-0.25, -0.2) is 14.8 Å². The Morgan fingerprint density at radius 2 is 2.12 bits per heavy atom. The van der Waals surface area contributed by atoms with E-state index < -0.39 is 12.3 Å². The van der Waals surface area contributed by atoms with Crippen LogP contribution in [0.15, 0.2) is 30.7 Å². The van der Waals surface area contributed by atoms with Crippen molar-refractivity contribution in [1.82, 2.24) is 9.97 Å². The van der Waals surface area contributed by atoms with Gasteiger partial charge in [0, 0.05) is 17.3 Å². The highest BCUT2D eigenvalue weighted by atomic mass is 19.3. The second-order valence-electron chi connectivity index (χ2n) is 5.63. The Morgan fingerprint density at radius 3 is 2.92 bits per heavy atom. The molecule has 1 fully saturated rings. The van der Waals surface area contributed by atoms with Gasteiger partial charge in [0.25, 0.3) is 0 Å². The quantitative estimate of drug-likeness (QED) is 0.801. The number of para-hydroxylation sites is 1. The molecule has 1 aromatic heterocycles. The van der Waals surface area contributed by atoms with Crippen molar-refractivity contribution in [2.45, 2.75) is 19.1 Å². The summed E-state index contributed by atoms with van der Waals surface area (Å²) in [5, 5.41) is 0. The summed E-state index contributed by atoms with van der Waals surface area (Å²) >= 11 is 0. The first-order valence-electron chi connectivity index (χ1n) is 7.40. The third-order valence-corrected chi connectivity index (χ3v) is 3.77. The fourth-order valence-corrected chi connectivity index (χ4v) is 2.42. The number of hydrogen-bond donors (Lipinski definition) is 0. The van der Waals surface area contributed by atoms with Gasteiger partial charge in [-0.15, -0.1) is 8.78 Å². The maximum absolute atomic E-state index is 13.3. The van der Waals surface area contributed by atoms with Crippen LogP contribution in [0, 0.1) is 5.92 Å². The van der Waals surface area contributed by atoms with Gasteiger partial charge >= 0.3 is 12.3 Å². The number of hydrogen-bond acceptors (Lipinski definition) is 6. The Bertz CT molecular complexity index is 808. The zero-order chi connectivity index (χ0) is 16.7. The first-order valence-corrected chi connectivity index (χ1v) is 7.40. The molecule has 2 aliphatic rings. The predicted molar refractivity (Wildman–Crippen MR) is 76.7 cm³/mol. The van der Waals surface area contributed by atoms with Gasteiger partial charge in [0.2, 0.25) is 0 Å². The standard InChI is InChI=1S/C16H12F2N2O4/c17-16(18)23-12-3-1-2-10(14(12)24-16)11-6-19-8-20-13(11)15(21)22-7-9-4-5-9/h1-3,6,8-9H,4-5,7H2. The van der Waals surface area contributed by atoms with Gasteiger partial charge in [0.1, 0.15) is 6.33 Å². The van der Waals surface area contributed by atoms with Crippen molar-refractivity contribution in [3.63, 3.8) is 0 Å². The van der Waals surface area contributed by atoms with Crippen molar-refractivity contribution in [1.29, 1.82) is 0 Å². The Morgan fingerprint density at radius 1 is 1.29 bits per heavy atom. The monoisotopic (exact) mass is 334 g/mol. The van der Waals surface area contributed by atoms with Gasteiger partial charge in [-0.2, -0.15) is 0 Å². The Labute approximate surface area is 135 Å². The number of halogens is 2. The second-order valence-corrected chi connectivity index (χ2v) is 5.63. The van der Waals surface area contributed by atoms with Crippen LogP contribution in [0.2, 0.25) is 0 Å². The largest absolute Gasteiger partial charge is 0.586 e. The van der Waals surface area contributed by atoms with Gasteiger partial charge in [-0.3, -0.25) is 0 Å². The molecule has 2 aromatic rings. The number of ether oxygens (including phenoxy) is 3. The van der Waals surface area contributed by atoms with E-state index in [0.717, 1.165) is 12.8 Å². The van der Waals surface area contributed by atoms with Crippen molar-refractivity contribution >= 4 is 5.97 Å². The van der Waals surface area contributed by atoms with E-state index in [2.05, 4.69) is 19.4 Å². The molecule has 2 heterocycles. The number of alkyl halides is 2. The summed E-state index contributed by atoms with van der Waals surface area (Å²) in [6.07, 6.45) is 0.885. The number of esters is 1. The fraction of sp³-hybridized carbons (Fsp3) is 0.312. The minimum atomic E-state index is -3.75. The van der Waals surface area contributed by atoms with E-state index in [1.807, 2.05) is 0 Å². The van der Waals surface area contributed by atoms with Crippen LogP contribution in [0.3, 0.4) is 0 Å². The lowest BCUT2D eigenvalue weighted by atomic mass is 10.0. The number of fused-ring (bicyclic) bond motifs is 1. The van der Waals surface area contributed by atoms with Crippen LogP contribution in [0.4, 0.5) is 8.78 Å². The molecule has 124 valence electrons. The smallest absolute Gasteiger partial charge is 0.461 e. The van der Waals surface area contributed by atoms with Crippen molar-refractivity contribution in [2.24, 2.45) is 5.92 Å². The van der Waals surface area contributed by atoms with Crippen LogP contribution in [0.1, 0.15) is 23.3 Å². The number of rotatable bonds is 4. The highest BCUT2D eigenvalue weighted by Crippen LogP contribution is 2.47. The minimum absolute atomic E-state index is 0.00198. The zero-order valence-electron chi connectivity index (χ0n) is 12.4. The fourth-order valence-electron chi connectivity index (χ4n) is 2.42. The molecule has 0 saturated heterocycles. The second kappa shape index (κ2) is 5.40. The summed E-state index contributed by atoms with van der Waals surface area (Å²) in [6, 6.07) is 4.40. The average Bonchev–Trinajstić information content (AvgIpc) is 3.33. The molecule has 0 bridgehead atoms. The summed E-state index contributed by atoms with van der Waals surface area (Å²) in [5.74, 6) is -0.495. The van der Waals surface area contributed by atoms with Crippen LogP contribution in [-0.4, -0.2) is 28.8 Å². The van der Waals surface area contributed by atoms with E-state index in [9.17, 15) is 13.6 Å². The van der Waals surface area contributed by atoms with Crippen molar-refractivity contribution < 1.29 is 27.8 Å². The first-order chi connectivity index (χ1) is 11.5. The summed E-state index contributed by atoms with van der Waals surface area (Å²) in [5.41, 5.74) is 0.484. The molecule has 1 saturated carbocycles. The van der Waals surface area contributed by atoms with Crippen molar-refractivity contribution in [2.75, 3.05) is 6.61 Å². The molecule has 0 amide bonds. The zero-order valence-corrected chi connectivity index (χ0v) is 12.4. The summed E-state index contributed by atoms with van der Waals surface area (Å²) in [4.78, 5) is 20.1. The van der Waals surface area contributed by atoms with E-state index in [1.54, 1.807) is 0 Å². The minimum Gasteiger partial charge on any atom is -0.461 e. The molecule has 1 aromatic carbocycles. The lowest BCUT2D eigenvalue weighted by molar-refractivity contribution is -0.286. The Kier molecular flexibility index (Phi) is 3.33. The molecule has 24 heavy (non-hydrogen) atoms. The first kappa shape index (κ1) is 14.8. The molecule has 6 nitrogen and oxygen atoms in total. The van der Waals surface area contributed by atoms with E-state index >= 15 is 0 Å². The molecule has 0 atom stereocenters. The SMILES string of the molecule is O=C(OCC1CC1)c1ncncc1-c1cccc2c1OC(F)(F)O2. The molecule has 0 radical (unpaired) electrons. The van der Waals surface area contributed by atoms with E-state index in [1.165, 1.54) is 30.7 Å². The van der Waals surface area contributed by atoms with Crippen LogP contribution in [0.5, 0.6) is 11.5 Å². The maximum atomic E-state index is 13.3. The van der Waals surface area contributed by atoms with Gasteiger partial charge in [-0.1, -0.05) is 12.1 Å². The van der Waals surface area contributed by atoms with E-state index in [4.69, 9.17) is 4.74 Å². The summed E-state index contributed by atoms with van der Waals surface area (Å²) in [7, 11) is 0. The lowest BCUT2D eigenvalue weighted by Crippen LogP contribution is -2.26. The Hall–Kier alpha value is -2.77. The number of aromatic nitrogens is 2. The highest BCUT2D eigenvalue weighted by molar-refractivity contribution is 5.96. The lowest BCUT2D eigenvalue weighted by Gasteiger charge is -2.10. The van der Waals surface area contributed by atoms with Gasteiger partial charge in [0.05, 0.1) is 6.61 Å². The summed E-state index contributed by atoms with van der Waals surface area (Å²) < 4.78 is 40.9. The maximum Gasteiger partial charge on any atom is 0.586 e. The normalized spacial score (nSPS) is 17.6. The van der Waals surface area contributed by atoms with Crippen LogP contribution >= 0.6 is 0 Å². The summed E-state index contributed by atoms with van der Waals surface area (Å²) in [6.45, 7) is 0.326. The predicted octanol–water partition coefficient (Wildman–Crippen LogP) is 3.03. The molecule has 8 heteroatoms. The van der Waals surface area contributed by atoms with Crippen LogP contribution in [0.25, 0.3) is 11.1 Å². The number of nitrogens with zero attached hydrogens (tertiary/aromatic N) is 2. The molecule has 1 aliphatic carbocycles. The van der Waals surface area contributed by atoms with Crippen LogP contribution < -0.4 is 9.47 Å². The van der Waals surface area contributed by atoms with E-state index in [0.29, 0.717) is 12.5 Å². The van der Waals surface area contributed by atoms with E-state index in [-0.39, 0.29) is 28.3 Å².